The number of hydrogen-bond donors (Lipinski definition) is 1. The van der Waals surface area contributed by atoms with Crippen LogP contribution < -0.4 is 10.9 Å². The molecule has 1 heterocycles. The van der Waals surface area contributed by atoms with E-state index in [-0.39, 0.29) is 28.1 Å². The SMILES string of the molecule is CC(=O)OC[C@@H](C)n1ccc2c(NC(=O)Cc3cccc(F)c3C(F)(F)F)c(Cl)ccc2c1=O. The van der Waals surface area contributed by atoms with E-state index < -0.39 is 53.0 Å². The second-order valence-corrected chi connectivity index (χ2v) is 7.97. The number of nitrogens with zero attached hydrogens (tertiary/aromatic N) is 1. The zero-order valence-electron chi connectivity index (χ0n) is 18.0. The molecule has 3 aromatic rings. The predicted octanol–water partition coefficient (Wildman–Crippen LogP) is 5.12. The topological polar surface area (TPSA) is 77.4 Å². The highest BCUT2D eigenvalue weighted by Gasteiger charge is 2.37. The molecule has 180 valence electrons. The summed E-state index contributed by atoms with van der Waals surface area (Å²) in [5.74, 6) is -2.85. The van der Waals surface area contributed by atoms with E-state index in [9.17, 15) is 31.9 Å². The molecular weight excluding hydrogens is 480 g/mol. The maximum atomic E-state index is 13.8. The Kier molecular flexibility index (Phi) is 7.30. The van der Waals surface area contributed by atoms with Crippen LogP contribution in [0, 0.1) is 5.82 Å². The lowest BCUT2D eigenvalue weighted by Gasteiger charge is -2.17. The Labute approximate surface area is 196 Å². The predicted molar refractivity (Wildman–Crippen MR) is 118 cm³/mol. The fourth-order valence-corrected chi connectivity index (χ4v) is 3.71. The van der Waals surface area contributed by atoms with Crippen LogP contribution in [-0.4, -0.2) is 23.1 Å². The fraction of sp³-hybridized carbons (Fsp3) is 0.261. The number of carbonyl (C=O) groups is 2. The number of halogens is 5. The van der Waals surface area contributed by atoms with E-state index in [1.165, 1.54) is 35.9 Å². The van der Waals surface area contributed by atoms with E-state index >= 15 is 0 Å². The molecule has 1 aromatic heterocycles. The molecule has 11 heteroatoms. The first-order chi connectivity index (χ1) is 15.9. The quantitative estimate of drug-likeness (QED) is 0.378. The average molecular weight is 499 g/mol. The summed E-state index contributed by atoms with van der Waals surface area (Å²) in [6.07, 6.45) is -4.32. The van der Waals surface area contributed by atoms with Gasteiger partial charge in [-0.25, -0.2) is 4.39 Å². The Bertz CT molecular complexity index is 1320. The van der Waals surface area contributed by atoms with Crippen molar-refractivity contribution in [2.24, 2.45) is 0 Å². The van der Waals surface area contributed by atoms with Crippen molar-refractivity contribution in [3.8, 4) is 0 Å². The Morgan fingerprint density at radius 2 is 1.85 bits per heavy atom. The number of anilines is 1. The second kappa shape index (κ2) is 9.84. The van der Waals surface area contributed by atoms with Gasteiger partial charge in [-0.05, 0) is 36.8 Å². The molecule has 1 N–H and O–H groups in total. The van der Waals surface area contributed by atoms with Crippen molar-refractivity contribution >= 4 is 39.9 Å². The Morgan fingerprint density at radius 3 is 2.50 bits per heavy atom. The standard InChI is InChI=1S/C23H19ClF4N2O4/c1-12(11-34-13(2)31)30-9-8-15-16(22(30)33)6-7-17(24)21(15)29-19(32)10-14-4-3-5-18(25)20(14)23(26,27)28/h3-9,12H,10-11H2,1-2H3,(H,29,32)/t12-/m1/s1. The highest BCUT2D eigenvalue weighted by molar-refractivity contribution is 6.35. The van der Waals surface area contributed by atoms with Gasteiger partial charge in [-0.15, -0.1) is 0 Å². The minimum Gasteiger partial charge on any atom is -0.464 e. The monoisotopic (exact) mass is 498 g/mol. The van der Waals surface area contributed by atoms with Crippen LogP contribution in [0.15, 0.2) is 47.4 Å². The van der Waals surface area contributed by atoms with E-state index in [0.29, 0.717) is 6.07 Å². The van der Waals surface area contributed by atoms with Gasteiger partial charge in [0.2, 0.25) is 5.91 Å². The van der Waals surface area contributed by atoms with Crippen molar-refractivity contribution in [1.82, 2.24) is 4.57 Å². The molecule has 0 spiro atoms. The number of fused-ring (bicyclic) bond motifs is 1. The average Bonchev–Trinajstić information content (AvgIpc) is 2.73. The normalized spacial score (nSPS) is 12.4. The zero-order chi connectivity index (χ0) is 25.2. The summed E-state index contributed by atoms with van der Waals surface area (Å²) in [4.78, 5) is 36.6. The summed E-state index contributed by atoms with van der Waals surface area (Å²) >= 11 is 6.20. The first-order valence-corrected chi connectivity index (χ1v) is 10.4. The van der Waals surface area contributed by atoms with Crippen molar-refractivity contribution in [2.45, 2.75) is 32.5 Å². The van der Waals surface area contributed by atoms with Crippen LogP contribution in [0.2, 0.25) is 5.02 Å². The number of amides is 1. The molecule has 0 saturated carbocycles. The molecule has 1 atom stereocenters. The smallest absolute Gasteiger partial charge is 0.419 e. The third-order valence-corrected chi connectivity index (χ3v) is 5.38. The van der Waals surface area contributed by atoms with Crippen molar-refractivity contribution in [1.29, 1.82) is 0 Å². The molecule has 0 aliphatic heterocycles. The van der Waals surface area contributed by atoms with E-state index in [1.54, 1.807) is 6.92 Å². The maximum absolute atomic E-state index is 13.8. The highest BCUT2D eigenvalue weighted by Crippen LogP contribution is 2.35. The number of benzene rings is 2. The Balaban J connectivity index is 1.94. The van der Waals surface area contributed by atoms with Crippen LogP contribution in [0.4, 0.5) is 23.2 Å². The summed E-state index contributed by atoms with van der Waals surface area (Å²) in [5, 5.41) is 2.93. The van der Waals surface area contributed by atoms with Gasteiger partial charge in [-0.3, -0.25) is 14.4 Å². The summed E-state index contributed by atoms with van der Waals surface area (Å²) < 4.78 is 59.8. The van der Waals surface area contributed by atoms with Gasteiger partial charge in [0.05, 0.1) is 28.7 Å². The number of aromatic nitrogens is 1. The second-order valence-electron chi connectivity index (χ2n) is 7.56. The molecule has 2 aromatic carbocycles. The molecule has 0 saturated heterocycles. The Morgan fingerprint density at radius 1 is 1.15 bits per heavy atom. The molecule has 0 aliphatic rings. The minimum absolute atomic E-state index is 0.0333. The molecule has 0 radical (unpaired) electrons. The molecule has 34 heavy (non-hydrogen) atoms. The van der Waals surface area contributed by atoms with Gasteiger partial charge in [0.15, 0.2) is 0 Å². The van der Waals surface area contributed by atoms with Crippen LogP contribution in [0.25, 0.3) is 10.8 Å². The first kappa shape index (κ1) is 25.2. The molecule has 0 aliphatic carbocycles. The van der Waals surface area contributed by atoms with Crippen molar-refractivity contribution < 1.29 is 31.9 Å². The highest BCUT2D eigenvalue weighted by atomic mass is 35.5. The van der Waals surface area contributed by atoms with Crippen molar-refractivity contribution in [2.75, 3.05) is 11.9 Å². The van der Waals surface area contributed by atoms with Crippen LogP contribution >= 0.6 is 11.6 Å². The lowest BCUT2D eigenvalue weighted by atomic mass is 10.0. The summed E-state index contributed by atoms with van der Waals surface area (Å²) in [7, 11) is 0. The number of nitrogens with one attached hydrogen (secondary N) is 1. The summed E-state index contributed by atoms with van der Waals surface area (Å²) in [6, 6.07) is 6.59. The minimum atomic E-state index is -4.98. The lowest BCUT2D eigenvalue weighted by Crippen LogP contribution is -2.26. The molecule has 6 nitrogen and oxygen atoms in total. The van der Waals surface area contributed by atoms with E-state index in [2.05, 4.69) is 5.32 Å². The van der Waals surface area contributed by atoms with Gasteiger partial charge in [0.1, 0.15) is 12.4 Å². The number of ether oxygens (including phenoxy) is 1. The third-order valence-electron chi connectivity index (χ3n) is 5.06. The largest absolute Gasteiger partial charge is 0.464 e. The zero-order valence-corrected chi connectivity index (χ0v) is 18.8. The van der Waals surface area contributed by atoms with E-state index in [4.69, 9.17) is 16.3 Å². The van der Waals surface area contributed by atoms with Gasteiger partial charge in [0.25, 0.3) is 5.56 Å². The number of rotatable bonds is 6. The molecule has 0 unspecified atom stereocenters. The van der Waals surface area contributed by atoms with Gasteiger partial charge >= 0.3 is 12.1 Å². The van der Waals surface area contributed by atoms with Crippen molar-refractivity contribution in [3.63, 3.8) is 0 Å². The third kappa shape index (κ3) is 5.39. The van der Waals surface area contributed by atoms with Gasteiger partial charge in [0, 0.05) is 23.9 Å². The summed E-state index contributed by atoms with van der Waals surface area (Å²) in [6.45, 7) is 2.88. The molecule has 0 fully saturated rings. The molecular formula is C23H19ClF4N2O4. The van der Waals surface area contributed by atoms with Gasteiger partial charge < -0.3 is 14.6 Å². The van der Waals surface area contributed by atoms with Gasteiger partial charge in [-0.2, -0.15) is 13.2 Å². The summed E-state index contributed by atoms with van der Waals surface area (Å²) in [5.41, 5.74) is -2.47. The Hall–Kier alpha value is -3.40. The molecule has 0 bridgehead atoms. The van der Waals surface area contributed by atoms with E-state index in [0.717, 1.165) is 12.1 Å². The number of hydrogen-bond acceptors (Lipinski definition) is 4. The van der Waals surface area contributed by atoms with Crippen molar-refractivity contribution in [3.05, 3.63) is 74.9 Å². The van der Waals surface area contributed by atoms with Crippen LogP contribution in [0.1, 0.15) is 31.0 Å². The number of esters is 1. The number of alkyl halides is 3. The van der Waals surface area contributed by atoms with E-state index in [1.807, 2.05) is 0 Å². The fourth-order valence-electron chi connectivity index (χ4n) is 3.50. The molecule has 1 amide bonds. The van der Waals surface area contributed by atoms with Crippen LogP contribution in [0.5, 0.6) is 0 Å². The van der Waals surface area contributed by atoms with Crippen LogP contribution in [0.3, 0.4) is 0 Å². The first-order valence-electron chi connectivity index (χ1n) is 10.0. The van der Waals surface area contributed by atoms with Gasteiger partial charge in [-0.1, -0.05) is 23.7 Å². The maximum Gasteiger partial charge on any atom is 0.419 e. The lowest BCUT2D eigenvalue weighted by molar-refractivity contribution is -0.142. The number of pyridine rings is 1. The number of carbonyl (C=O) groups excluding carboxylic acids is 2. The molecule has 3 rings (SSSR count). The van der Waals surface area contributed by atoms with Crippen LogP contribution in [-0.2, 0) is 26.9 Å².